The smallest absolute Gasteiger partial charge is 0.310 e. The Hall–Kier alpha value is -1.84. The molecular weight excluding hydrogens is 218 g/mol. The van der Waals surface area contributed by atoms with E-state index in [1.54, 1.807) is 13.0 Å². The summed E-state index contributed by atoms with van der Waals surface area (Å²) in [6.45, 7) is 5.50. The number of carbonyl (C=O) groups is 2. The van der Waals surface area contributed by atoms with E-state index in [1.807, 2.05) is 19.1 Å². The molecule has 0 atom stereocenters. The Bertz CT molecular complexity index is 427. The maximum absolute atomic E-state index is 11.4. The van der Waals surface area contributed by atoms with Crippen molar-refractivity contribution in [2.45, 2.75) is 27.2 Å². The molecule has 0 aliphatic carbocycles. The van der Waals surface area contributed by atoms with Crippen LogP contribution in [-0.4, -0.2) is 18.5 Å². The lowest BCUT2D eigenvalue weighted by atomic mass is 10.1. The third-order valence-electron chi connectivity index (χ3n) is 2.21. The number of amides is 1. The van der Waals surface area contributed by atoms with E-state index in [1.165, 1.54) is 6.92 Å². The summed E-state index contributed by atoms with van der Waals surface area (Å²) in [4.78, 5) is 22.5. The lowest BCUT2D eigenvalue weighted by molar-refractivity contribution is -0.142. The molecule has 1 aromatic rings. The van der Waals surface area contributed by atoms with Gasteiger partial charge < -0.3 is 10.1 Å². The zero-order valence-electron chi connectivity index (χ0n) is 10.4. The molecule has 92 valence electrons. The zero-order valence-corrected chi connectivity index (χ0v) is 10.4. The van der Waals surface area contributed by atoms with Crippen LogP contribution in [0.3, 0.4) is 0 Å². The third-order valence-corrected chi connectivity index (χ3v) is 2.21. The van der Waals surface area contributed by atoms with Crippen LogP contribution in [0.5, 0.6) is 0 Å². The molecule has 0 aromatic heterocycles. The Labute approximate surface area is 101 Å². The van der Waals surface area contributed by atoms with Crippen molar-refractivity contribution >= 4 is 17.6 Å². The standard InChI is InChI=1S/C13H17NO3/c1-4-17-13(16)8-11-7-9(2)5-6-12(11)14-10(3)15/h5-7H,4,8H2,1-3H3,(H,14,15). The lowest BCUT2D eigenvalue weighted by Gasteiger charge is -2.10. The Morgan fingerprint density at radius 1 is 1.35 bits per heavy atom. The molecule has 1 aromatic carbocycles. The lowest BCUT2D eigenvalue weighted by Crippen LogP contribution is -2.12. The summed E-state index contributed by atoms with van der Waals surface area (Å²) in [5.74, 6) is -0.441. The summed E-state index contributed by atoms with van der Waals surface area (Å²) in [5.41, 5.74) is 2.48. The molecule has 0 fully saturated rings. The van der Waals surface area contributed by atoms with E-state index in [-0.39, 0.29) is 18.3 Å². The van der Waals surface area contributed by atoms with E-state index in [4.69, 9.17) is 4.74 Å². The second-order valence-electron chi connectivity index (χ2n) is 3.82. The molecule has 4 heteroatoms. The van der Waals surface area contributed by atoms with Gasteiger partial charge in [0.15, 0.2) is 0 Å². The second-order valence-corrected chi connectivity index (χ2v) is 3.82. The van der Waals surface area contributed by atoms with Crippen molar-refractivity contribution in [3.8, 4) is 0 Å². The van der Waals surface area contributed by atoms with Gasteiger partial charge in [-0.15, -0.1) is 0 Å². The minimum atomic E-state index is -0.287. The topological polar surface area (TPSA) is 55.4 Å². The Morgan fingerprint density at radius 2 is 2.06 bits per heavy atom. The summed E-state index contributed by atoms with van der Waals surface area (Å²) < 4.78 is 4.89. The van der Waals surface area contributed by atoms with Crippen molar-refractivity contribution in [1.29, 1.82) is 0 Å². The molecule has 0 heterocycles. The molecule has 1 rings (SSSR count). The molecule has 1 amide bonds. The van der Waals surface area contributed by atoms with Crippen molar-refractivity contribution in [3.05, 3.63) is 29.3 Å². The fourth-order valence-electron chi connectivity index (χ4n) is 1.55. The molecule has 1 N–H and O–H groups in total. The van der Waals surface area contributed by atoms with Crippen LogP contribution in [0.2, 0.25) is 0 Å². The van der Waals surface area contributed by atoms with Gasteiger partial charge in [0.25, 0.3) is 0 Å². The molecule has 0 aliphatic heterocycles. The van der Waals surface area contributed by atoms with Crippen molar-refractivity contribution in [2.24, 2.45) is 0 Å². The highest BCUT2D eigenvalue weighted by atomic mass is 16.5. The highest BCUT2D eigenvalue weighted by molar-refractivity contribution is 5.90. The van der Waals surface area contributed by atoms with Crippen LogP contribution in [0.1, 0.15) is 25.0 Å². The zero-order chi connectivity index (χ0) is 12.8. The molecule has 17 heavy (non-hydrogen) atoms. The molecule has 0 radical (unpaired) electrons. The van der Waals surface area contributed by atoms with Crippen molar-refractivity contribution in [1.82, 2.24) is 0 Å². The van der Waals surface area contributed by atoms with E-state index in [2.05, 4.69) is 5.32 Å². The predicted molar refractivity (Wildman–Crippen MR) is 65.8 cm³/mol. The highest BCUT2D eigenvalue weighted by Crippen LogP contribution is 2.18. The molecule has 4 nitrogen and oxygen atoms in total. The number of ether oxygens (including phenoxy) is 1. The van der Waals surface area contributed by atoms with Gasteiger partial charge in [0.2, 0.25) is 5.91 Å². The number of hydrogen-bond acceptors (Lipinski definition) is 3. The van der Waals surface area contributed by atoms with Gasteiger partial charge >= 0.3 is 5.97 Å². The minimum Gasteiger partial charge on any atom is -0.466 e. The minimum absolute atomic E-state index is 0.154. The maximum Gasteiger partial charge on any atom is 0.310 e. The molecule has 0 saturated carbocycles. The number of aryl methyl sites for hydroxylation is 1. The average molecular weight is 235 g/mol. The number of benzene rings is 1. The van der Waals surface area contributed by atoms with E-state index >= 15 is 0 Å². The number of esters is 1. The second kappa shape index (κ2) is 6.03. The average Bonchev–Trinajstić information content (AvgIpc) is 2.22. The van der Waals surface area contributed by atoms with Gasteiger partial charge in [-0.25, -0.2) is 0 Å². The van der Waals surface area contributed by atoms with Crippen LogP contribution in [0.25, 0.3) is 0 Å². The fraction of sp³-hybridized carbons (Fsp3) is 0.385. The van der Waals surface area contributed by atoms with E-state index < -0.39 is 0 Å². The van der Waals surface area contributed by atoms with Gasteiger partial charge in [-0.05, 0) is 25.5 Å². The number of hydrogen-bond donors (Lipinski definition) is 1. The number of nitrogens with one attached hydrogen (secondary N) is 1. The van der Waals surface area contributed by atoms with Crippen LogP contribution in [-0.2, 0) is 20.7 Å². The van der Waals surface area contributed by atoms with Crippen molar-refractivity contribution in [3.63, 3.8) is 0 Å². The largest absolute Gasteiger partial charge is 0.466 e. The monoisotopic (exact) mass is 235 g/mol. The van der Waals surface area contributed by atoms with Crippen molar-refractivity contribution < 1.29 is 14.3 Å². The van der Waals surface area contributed by atoms with Crippen LogP contribution < -0.4 is 5.32 Å². The Balaban J connectivity index is 2.90. The summed E-state index contributed by atoms with van der Waals surface area (Å²) in [6, 6.07) is 5.56. The fourth-order valence-corrected chi connectivity index (χ4v) is 1.55. The van der Waals surface area contributed by atoms with E-state index in [0.29, 0.717) is 12.3 Å². The van der Waals surface area contributed by atoms with E-state index in [0.717, 1.165) is 11.1 Å². The first kappa shape index (κ1) is 13.2. The maximum atomic E-state index is 11.4. The number of carbonyl (C=O) groups excluding carboxylic acids is 2. The normalized spacial score (nSPS) is 9.82. The van der Waals surface area contributed by atoms with Crippen molar-refractivity contribution in [2.75, 3.05) is 11.9 Å². The van der Waals surface area contributed by atoms with Gasteiger partial charge in [-0.1, -0.05) is 17.7 Å². The van der Waals surface area contributed by atoms with Gasteiger partial charge in [0.05, 0.1) is 13.0 Å². The van der Waals surface area contributed by atoms with Crippen LogP contribution in [0.15, 0.2) is 18.2 Å². The molecule has 0 saturated heterocycles. The molecule has 0 unspecified atom stereocenters. The molecule has 0 spiro atoms. The van der Waals surface area contributed by atoms with Gasteiger partial charge in [-0.2, -0.15) is 0 Å². The SMILES string of the molecule is CCOC(=O)Cc1cc(C)ccc1NC(C)=O. The van der Waals surface area contributed by atoms with Crippen LogP contribution in [0.4, 0.5) is 5.69 Å². The predicted octanol–water partition coefficient (Wildman–Crippen LogP) is 2.06. The Kier molecular flexibility index (Phi) is 4.69. The van der Waals surface area contributed by atoms with Crippen LogP contribution in [0, 0.1) is 6.92 Å². The first-order chi connectivity index (χ1) is 8.02. The summed E-state index contributed by atoms with van der Waals surface area (Å²) in [5, 5.41) is 2.70. The van der Waals surface area contributed by atoms with E-state index in [9.17, 15) is 9.59 Å². The molecular formula is C13H17NO3. The molecule has 0 bridgehead atoms. The number of anilines is 1. The summed E-state index contributed by atoms with van der Waals surface area (Å²) in [7, 11) is 0. The molecule has 0 aliphatic rings. The van der Waals surface area contributed by atoms with Crippen LogP contribution >= 0.6 is 0 Å². The summed E-state index contributed by atoms with van der Waals surface area (Å²) >= 11 is 0. The third kappa shape index (κ3) is 4.26. The number of rotatable bonds is 4. The highest BCUT2D eigenvalue weighted by Gasteiger charge is 2.10. The van der Waals surface area contributed by atoms with Gasteiger partial charge in [-0.3, -0.25) is 9.59 Å². The Morgan fingerprint density at radius 3 is 2.65 bits per heavy atom. The first-order valence-electron chi connectivity index (χ1n) is 5.55. The first-order valence-corrected chi connectivity index (χ1v) is 5.55. The quantitative estimate of drug-likeness (QED) is 0.813. The van der Waals surface area contributed by atoms with Gasteiger partial charge in [0.1, 0.15) is 0 Å². The van der Waals surface area contributed by atoms with Gasteiger partial charge in [0, 0.05) is 12.6 Å². The summed E-state index contributed by atoms with van der Waals surface area (Å²) in [6.07, 6.45) is 0.172.